The Morgan fingerprint density at radius 2 is 1.74 bits per heavy atom. The molecule has 8 heteroatoms. The molecule has 1 unspecified atom stereocenters. The highest BCUT2D eigenvalue weighted by Crippen LogP contribution is 2.31. The zero-order valence-electron chi connectivity index (χ0n) is 14.5. The summed E-state index contributed by atoms with van der Waals surface area (Å²) in [5.41, 5.74) is 0.467. The topological polar surface area (TPSA) is 56.8 Å². The van der Waals surface area contributed by atoms with E-state index >= 15 is 0 Å². The molecule has 2 aromatic rings. The van der Waals surface area contributed by atoms with Gasteiger partial charge in [0.1, 0.15) is 5.82 Å². The average molecular weight is 405 g/mol. The molecule has 4 rings (SSSR count). The summed E-state index contributed by atoms with van der Waals surface area (Å²) in [7, 11) is 0. The van der Waals surface area contributed by atoms with Gasteiger partial charge < -0.3 is 4.90 Å². The lowest BCUT2D eigenvalue weighted by Crippen LogP contribution is -2.52. The molecule has 6 nitrogen and oxygen atoms in total. The van der Waals surface area contributed by atoms with Crippen molar-refractivity contribution in [1.82, 2.24) is 9.88 Å². The van der Waals surface area contributed by atoms with E-state index in [1.807, 2.05) is 18.2 Å². The first kappa shape index (κ1) is 18.2. The predicted molar refractivity (Wildman–Crippen MR) is 105 cm³/mol. The van der Waals surface area contributed by atoms with E-state index in [0.717, 1.165) is 18.9 Å². The second-order valence-corrected chi connectivity index (χ2v) is 7.41. The number of aromatic nitrogens is 1. The number of hydrogen-bond donors (Lipinski definition) is 0. The van der Waals surface area contributed by atoms with E-state index in [2.05, 4.69) is 14.8 Å². The number of hydrogen-bond acceptors (Lipinski definition) is 5. The molecule has 0 radical (unpaired) electrons. The number of rotatable bonds is 3. The number of carbonyl (C=O) groups excluding carboxylic acids is 2. The summed E-state index contributed by atoms with van der Waals surface area (Å²) in [6.07, 6.45) is 1.96. The van der Waals surface area contributed by atoms with Crippen LogP contribution in [-0.4, -0.2) is 53.9 Å². The van der Waals surface area contributed by atoms with Crippen LogP contribution in [-0.2, 0) is 9.59 Å². The number of amides is 2. The van der Waals surface area contributed by atoms with Gasteiger partial charge in [-0.15, -0.1) is 0 Å². The standard InChI is InChI=1S/C19H18Cl2N4O2/c20-14-5-4-13(11-15(14)21)25-18(26)12-16(19(25)27)23-7-9-24(10-8-23)17-3-1-2-6-22-17/h1-6,11,16H,7-10,12H2. The summed E-state index contributed by atoms with van der Waals surface area (Å²) in [4.78, 5) is 35.3. The van der Waals surface area contributed by atoms with Crippen molar-refractivity contribution in [2.45, 2.75) is 12.5 Å². The van der Waals surface area contributed by atoms with Gasteiger partial charge in [0.25, 0.3) is 5.91 Å². The molecule has 2 amide bonds. The molecule has 3 heterocycles. The van der Waals surface area contributed by atoms with Crippen LogP contribution in [0, 0.1) is 0 Å². The Morgan fingerprint density at radius 3 is 2.41 bits per heavy atom. The highest BCUT2D eigenvalue weighted by atomic mass is 35.5. The first-order valence-electron chi connectivity index (χ1n) is 8.76. The lowest BCUT2D eigenvalue weighted by Gasteiger charge is -2.37. The van der Waals surface area contributed by atoms with Crippen molar-refractivity contribution >= 4 is 46.5 Å². The number of piperazine rings is 1. The van der Waals surface area contributed by atoms with Crippen LogP contribution in [0.3, 0.4) is 0 Å². The molecule has 0 bridgehead atoms. The minimum absolute atomic E-state index is 0.183. The number of carbonyl (C=O) groups is 2. The predicted octanol–water partition coefficient (Wildman–Crippen LogP) is 2.84. The molecular formula is C19H18Cl2N4O2. The Bertz CT molecular complexity index is 869. The van der Waals surface area contributed by atoms with E-state index in [1.54, 1.807) is 24.4 Å². The van der Waals surface area contributed by atoms with Gasteiger partial charge in [-0.1, -0.05) is 29.3 Å². The number of benzene rings is 1. The van der Waals surface area contributed by atoms with Gasteiger partial charge in [0.15, 0.2) is 0 Å². The zero-order valence-corrected chi connectivity index (χ0v) is 16.0. The fourth-order valence-electron chi connectivity index (χ4n) is 3.60. The fraction of sp³-hybridized carbons (Fsp3) is 0.316. The SMILES string of the molecule is O=C1CC(N2CCN(c3ccccn3)CC2)C(=O)N1c1ccc(Cl)c(Cl)c1. The van der Waals surface area contributed by atoms with E-state index in [-0.39, 0.29) is 18.2 Å². The Balaban J connectivity index is 1.45. The van der Waals surface area contributed by atoms with Crippen molar-refractivity contribution in [2.24, 2.45) is 0 Å². The summed E-state index contributed by atoms with van der Waals surface area (Å²) in [6, 6.07) is 10.2. The summed E-state index contributed by atoms with van der Waals surface area (Å²) in [5, 5.41) is 0.712. The molecule has 2 aliphatic heterocycles. The third-order valence-electron chi connectivity index (χ3n) is 5.01. The van der Waals surface area contributed by atoms with Gasteiger partial charge in [-0.25, -0.2) is 9.88 Å². The van der Waals surface area contributed by atoms with E-state index in [0.29, 0.717) is 28.8 Å². The highest BCUT2D eigenvalue weighted by molar-refractivity contribution is 6.42. The molecule has 1 aromatic carbocycles. The molecule has 2 saturated heterocycles. The number of halogens is 2. The van der Waals surface area contributed by atoms with Crippen LogP contribution in [0.5, 0.6) is 0 Å². The van der Waals surface area contributed by atoms with Crippen molar-refractivity contribution in [1.29, 1.82) is 0 Å². The molecule has 1 aromatic heterocycles. The van der Waals surface area contributed by atoms with Gasteiger partial charge in [0.05, 0.1) is 28.2 Å². The molecule has 2 fully saturated rings. The number of nitrogens with zero attached hydrogens (tertiary/aromatic N) is 4. The van der Waals surface area contributed by atoms with E-state index in [4.69, 9.17) is 23.2 Å². The third kappa shape index (κ3) is 3.52. The van der Waals surface area contributed by atoms with Crippen molar-refractivity contribution in [3.05, 3.63) is 52.6 Å². The van der Waals surface area contributed by atoms with Gasteiger partial charge in [-0.05, 0) is 30.3 Å². The fourth-order valence-corrected chi connectivity index (χ4v) is 3.89. The highest BCUT2D eigenvalue weighted by Gasteiger charge is 2.43. The molecule has 0 saturated carbocycles. The summed E-state index contributed by atoms with van der Waals surface area (Å²) >= 11 is 12.0. The summed E-state index contributed by atoms with van der Waals surface area (Å²) in [6.45, 7) is 2.94. The molecule has 27 heavy (non-hydrogen) atoms. The summed E-state index contributed by atoms with van der Waals surface area (Å²) < 4.78 is 0. The van der Waals surface area contributed by atoms with Crippen LogP contribution in [0.1, 0.15) is 6.42 Å². The molecular weight excluding hydrogens is 387 g/mol. The van der Waals surface area contributed by atoms with Gasteiger partial charge in [-0.2, -0.15) is 0 Å². The van der Waals surface area contributed by atoms with E-state index < -0.39 is 6.04 Å². The van der Waals surface area contributed by atoms with E-state index in [9.17, 15) is 9.59 Å². The normalized spacial score (nSPS) is 21.2. The van der Waals surface area contributed by atoms with Gasteiger partial charge >= 0.3 is 0 Å². The Kier molecular flexibility index (Phi) is 5.04. The van der Waals surface area contributed by atoms with Crippen molar-refractivity contribution < 1.29 is 9.59 Å². The Hall–Kier alpha value is -2.15. The second-order valence-electron chi connectivity index (χ2n) is 6.60. The number of anilines is 2. The maximum absolute atomic E-state index is 12.9. The minimum atomic E-state index is -0.433. The lowest BCUT2D eigenvalue weighted by atomic mass is 10.1. The molecule has 0 N–H and O–H groups in total. The molecule has 140 valence electrons. The van der Waals surface area contributed by atoms with Crippen molar-refractivity contribution in [3.63, 3.8) is 0 Å². The van der Waals surface area contributed by atoms with Gasteiger partial charge in [-0.3, -0.25) is 14.5 Å². The van der Waals surface area contributed by atoms with Gasteiger partial charge in [0.2, 0.25) is 5.91 Å². The monoisotopic (exact) mass is 404 g/mol. The molecule has 0 aliphatic carbocycles. The van der Waals surface area contributed by atoms with Crippen LogP contribution >= 0.6 is 23.2 Å². The second kappa shape index (κ2) is 7.46. The van der Waals surface area contributed by atoms with Gasteiger partial charge in [0, 0.05) is 32.4 Å². The van der Waals surface area contributed by atoms with Crippen molar-refractivity contribution in [2.75, 3.05) is 36.0 Å². The maximum atomic E-state index is 12.9. The van der Waals surface area contributed by atoms with Crippen LogP contribution in [0.4, 0.5) is 11.5 Å². The van der Waals surface area contributed by atoms with Crippen molar-refractivity contribution in [3.8, 4) is 0 Å². The Morgan fingerprint density at radius 1 is 0.963 bits per heavy atom. The average Bonchev–Trinajstić information content (AvgIpc) is 2.99. The Labute approximate surface area is 167 Å². The smallest absolute Gasteiger partial charge is 0.251 e. The third-order valence-corrected chi connectivity index (χ3v) is 5.75. The first-order valence-corrected chi connectivity index (χ1v) is 9.52. The largest absolute Gasteiger partial charge is 0.354 e. The molecule has 2 aliphatic rings. The number of imide groups is 1. The zero-order chi connectivity index (χ0) is 19.0. The van der Waals surface area contributed by atoms with Crippen LogP contribution in [0.15, 0.2) is 42.6 Å². The quantitative estimate of drug-likeness (QED) is 0.736. The van der Waals surface area contributed by atoms with Crippen LogP contribution < -0.4 is 9.80 Å². The lowest BCUT2D eigenvalue weighted by molar-refractivity contribution is -0.123. The van der Waals surface area contributed by atoms with E-state index in [1.165, 1.54) is 4.90 Å². The van der Waals surface area contributed by atoms with Crippen LogP contribution in [0.25, 0.3) is 0 Å². The maximum Gasteiger partial charge on any atom is 0.251 e. The van der Waals surface area contributed by atoms with Crippen LogP contribution in [0.2, 0.25) is 10.0 Å². The summed E-state index contributed by atoms with van der Waals surface area (Å²) in [5.74, 6) is 0.517. The first-order chi connectivity index (χ1) is 13.0. The molecule has 1 atom stereocenters. The minimum Gasteiger partial charge on any atom is -0.354 e. The number of pyridine rings is 1. The molecule has 0 spiro atoms.